The molecule has 0 aliphatic carbocycles. The van der Waals surface area contributed by atoms with Gasteiger partial charge in [0, 0.05) is 36.7 Å². The Morgan fingerprint density at radius 1 is 1.22 bits per heavy atom. The normalized spacial score (nSPS) is 11.9. The van der Waals surface area contributed by atoms with Crippen molar-refractivity contribution in [3.8, 4) is 11.8 Å². The maximum atomic E-state index is 5.89. The van der Waals surface area contributed by atoms with E-state index < -0.39 is 0 Å². The molecule has 8 heteroatoms. The number of nitrogens with two attached hydrogens (primary N) is 1. The molecule has 0 spiro atoms. The Kier molecular flexibility index (Phi) is 8.06. The van der Waals surface area contributed by atoms with Gasteiger partial charge in [-0.05, 0) is 26.5 Å². The molecule has 0 aromatic carbocycles. The van der Waals surface area contributed by atoms with Crippen molar-refractivity contribution in [2.75, 3.05) is 38.4 Å². The van der Waals surface area contributed by atoms with Gasteiger partial charge in [0.15, 0.2) is 0 Å². The Labute approximate surface area is 160 Å². The van der Waals surface area contributed by atoms with E-state index in [4.69, 9.17) is 15.2 Å². The molecule has 0 amide bonds. The number of methoxy groups -OCH3 is 1. The Morgan fingerprint density at radius 3 is 2.74 bits per heavy atom. The van der Waals surface area contributed by atoms with Crippen LogP contribution in [0.25, 0.3) is 0 Å². The van der Waals surface area contributed by atoms with Gasteiger partial charge in [0.1, 0.15) is 12.4 Å². The molecule has 0 fully saturated rings. The molecule has 0 saturated heterocycles. The number of hydrogen-bond donors (Lipinski definition) is 3. The van der Waals surface area contributed by atoms with Crippen molar-refractivity contribution in [1.29, 1.82) is 0 Å². The highest BCUT2D eigenvalue weighted by molar-refractivity contribution is 5.43. The van der Waals surface area contributed by atoms with Gasteiger partial charge in [-0.3, -0.25) is 0 Å². The van der Waals surface area contributed by atoms with Gasteiger partial charge < -0.3 is 25.8 Å². The molecule has 4 N–H and O–H groups in total. The quantitative estimate of drug-likeness (QED) is 0.514. The van der Waals surface area contributed by atoms with Crippen molar-refractivity contribution in [3.05, 3.63) is 29.5 Å². The van der Waals surface area contributed by atoms with Gasteiger partial charge in [-0.15, -0.1) is 0 Å². The highest BCUT2D eigenvalue weighted by atomic mass is 16.5. The van der Waals surface area contributed by atoms with Gasteiger partial charge in [-0.25, -0.2) is 4.98 Å². The first kappa shape index (κ1) is 20.7. The maximum absolute atomic E-state index is 5.89. The number of pyridine rings is 1. The molecule has 27 heavy (non-hydrogen) atoms. The average molecular weight is 374 g/mol. The Bertz CT molecular complexity index is 725. The summed E-state index contributed by atoms with van der Waals surface area (Å²) in [5.41, 5.74) is 7.60. The average Bonchev–Trinajstić information content (AvgIpc) is 2.62. The standard InChI is InChI=1S/C19H30N6O2/c1-5-6-13(2)22-16-12-15(23-19(20)24-16)11-14-7-8-17(25-18(14)26-4)27-10-9-21-3/h7-8,12-13,21H,5-6,9-11H2,1-4H3,(H3,20,22,23,24)/t13-/m1/s1. The molecular weight excluding hydrogens is 344 g/mol. The zero-order chi connectivity index (χ0) is 19.6. The van der Waals surface area contributed by atoms with E-state index in [0.717, 1.165) is 36.5 Å². The lowest BCUT2D eigenvalue weighted by Crippen LogP contribution is -2.17. The molecule has 2 rings (SSSR count). The van der Waals surface area contributed by atoms with Crippen molar-refractivity contribution >= 4 is 11.8 Å². The minimum atomic E-state index is 0.248. The molecule has 0 aliphatic heterocycles. The summed E-state index contributed by atoms with van der Waals surface area (Å²) in [6.07, 6.45) is 2.70. The second-order valence-corrected chi connectivity index (χ2v) is 6.38. The second kappa shape index (κ2) is 10.5. The van der Waals surface area contributed by atoms with Gasteiger partial charge in [0.05, 0.1) is 12.8 Å². The molecule has 0 bridgehead atoms. The minimum absolute atomic E-state index is 0.248. The fraction of sp³-hybridized carbons (Fsp3) is 0.526. The van der Waals surface area contributed by atoms with Crippen LogP contribution in [0.4, 0.5) is 11.8 Å². The smallest absolute Gasteiger partial charge is 0.222 e. The lowest BCUT2D eigenvalue weighted by molar-refractivity contribution is 0.298. The Balaban J connectivity index is 2.14. The van der Waals surface area contributed by atoms with E-state index in [0.29, 0.717) is 30.8 Å². The first-order valence-electron chi connectivity index (χ1n) is 9.27. The number of nitrogen functional groups attached to an aromatic ring is 1. The topological polar surface area (TPSA) is 107 Å². The first-order valence-corrected chi connectivity index (χ1v) is 9.27. The molecule has 148 valence electrons. The van der Waals surface area contributed by atoms with Crippen molar-refractivity contribution < 1.29 is 9.47 Å². The van der Waals surface area contributed by atoms with Crippen molar-refractivity contribution in [2.45, 2.75) is 39.2 Å². The van der Waals surface area contributed by atoms with Gasteiger partial charge >= 0.3 is 0 Å². The largest absolute Gasteiger partial charge is 0.481 e. The van der Waals surface area contributed by atoms with Crippen LogP contribution in [0.5, 0.6) is 11.8 Å². The molecule has 8 nitrogen and oxygen atoms in total. The maximum Gasteiger partial charge on any atom is 0.222 e. The summed E-state index contributed by atoms with van der Waals surface area (Å²) in [6.45, 7) is 5.57. The second-order valence-electron chi connectivity index (χ2n) is 6.38. The molecular formula is C19H30N6O2. The number of anilines is 2. The Morgan fingerprint density at radius 2 is 2.04 bits per heavy atom. The van der Waals surface area contributed by atoms with E-state index in [1.54, 1.807) is 7.11 Å². The third-order valence-electron chi connectivity index (χ3n) is 3.99. The van der Waals surface area contributed by atoms with Crippen molar-refractivity contribution in [2.24, 2.45) is 0 Å². The zero-order valence-corrected chi connectivity index (χ0v) is 16.6. The molecule has 0 radical (unpaired) electrons. The number of nitrogens with one attached hydrogen (secondary N) is 2. The Hall–Kier alpha value is -2.61. The molecule has 2 aromatic heterocycles. The fourth-order valence-electron chi connectivity index (χ4n) is 2.74. The molecule has 0 aliphatic rings. The highest BCUT2D eigenvalue weighted by Crippen LogP contribution is 2.23. The fourth-order valence-corrected chi connectivity index (χ4v) is 2.74. The van der Waals surface area contributed by atoms with Gasteiger partial charge in [-0.2, -0.15) is 9.97 Å². The van der Waals surface area contributed by atoms with E-state index >= 15 is 0 Å². The number of hydrogen-bond acceptors (Lipinski definition) is 8. The van der Waals surface area contributed by atoms with Crippen LogP contribution in [0.3, 0.4) is 0 Å². The summed E-state index contributed by atoms with van der Waals surface area (Å²) in [4.78, 5) is 13.0. The van der Waals surface area contributed by atoms with Crippen LogP contribution in [-0.4, -0.2) is 48.3 Å². The van der Waals surface area contributed by atoms with E-state index in [-0.39, 0.29) is 5.95 Å². The van der Waals surface area contributed by atoms with E-state index in [1.807, 2.05) is 25.2 Å². The summed E-state index contributed by atoms with van der Waals surface area (Å²) >= 11 is 0. The van der Waals surface area contributed by atoms with Crippen molar-refractivity contribution in [1.82, 2.24) is 20.3 Å². The summed E-state index contributed by atoms with van der Waals surface area (Å²) < 4.78 is 11.0. The molecule has 2 heterocycles. The number of aromatic nitrogens is 3. The SMILES string of the molecule is CCC[C@@H](C)Nc1cc(Cc2ccc(OCCNC)nc2OC)nc(N)n1. The third kappa shape index (κ3) is 6.56. The molecule has 0 unspecified atom stereocenters. The zero-order valence-electron chi connectivity index (χ0n) is 16.6. The van der Waals surface area contributed by atoms with Crippen LogP contribution >= 0.6 is 0 Å². The lowest BCUT2D eigenvalue weighted by Gasteiger charge is -2.15. The number of likely N-dealkylation sites (N-methyl/N-ethyl adjacent to an activating group) is 1. The monoisotopic (exact) mass is 374 g/mol. The van der Waals surface area contributed by atoms with E-state index in [1.165, 1.54) is 0 Å². The lowest BCUT2D eigenvalue weighted by atomic mass is 10.1. The van der Waals surface area contributed by atoms with E-state index in [2.05, 4.69) is 39.4 Å². The molecule has 0 saturated carbocycles. The van der Waals surface area contributed by atoms with Crippen LogP contribution in [0, 0.1) is 0 Å². The van der Waals surface area contributed by atoms with Gasteiger partial charge in [-0.1, -0.05) is 13.3 Å². The van der Waals surface area contributed by atoms with Gasteiger partial charge in [0.25, 0.3) is 0 Å². The number of rotatable bonds is 11. The predicted octanol–water partition coefficient (Wildman–Crippen LogP) is 2.25. The van der Waals surface area contributed by atoms with Gasteiger partial charge in [0.2, 0.25) is 17.7 Å². The highest BCUT2D eigenvalue weighted by Gasteiger charge is 2.11. The van der Waals surface area contributed by atoms with Crippen LogP contribution in [-0.2, 0) is 6.42 Å². The summed E-state index contributed by atoms with van der Waals surface area (Å²) in [5, 5.41) is 6.40. The number of ether oxygens (including phenoxy) is 2. The predicted molar refractivity (Wildman–Crippen MR) is 107 cm³/mol. The van der Waals surface area contributed by atoms with E-state index in [9.17, 15) is 0 Å². The first-order chi connectivity index (χ1) is 13.0. The van der Waals surface area contributed by atoms with Crippen LogP contribution in [0.1, 0.15) is 37.9 Å². The molecule has 2 aromatic rings. The summed E-state index contributed by atoms with van der Waals surface area (Å²) in [7, 11) is 3.47. The summed E-state index contributed by atoms with van der Waals surface area (Å²) in [6, 6.07) is 6.01. The third-order valence-corrected chi connectivity index (χ3v) is 3.99. The van der Waals surface area contributed by atoms with Crippen LogP contribution in [0.15, 0.2) is 18.2 Å². The van der Waals surface area contributed by atoms with Crippen LogP contribution < -0.4 is 25.8 Å². The van der Waals surface area contributed by atoms with Crippen molar-refractivity contribution in [3.63, 3.8) is 0 Å². The summed E-state index contributed by atoms with van der Waals surface area (Å²) in [5.74, 6) is 2.03. The molecule has 1 atom stereocenters. The van der Waals surface area contributed by atoms with Crippen LogP contribution in [0.2, 0.25) is 0 Å². The minimum Gasteiger partial charge on any atom is -0.481 e. The number of nitrogens with zero attached hydrogens (tertiary/aromatic N) is 3.